The monoisotopic (exact) mass is 202 g/mol. The van der Waals surface area contributed by atoms with Crippen molar-refractivity contribution in [1.82, 2.24) is 0 Å². The van der Waals surface area contributed by atoms with Crippen molar-refractivity contribution in [2.45, 2.75) is 46.3 Å². The van der Waals surface area contributed by atoms with E-state index in [-0.39, 0.29) is 18.5 Å². The highest BCUT2D eigenvalue weighted by Crippen LogP contribution is 2.09. The van der Waals surface area contributed by atoms with Crippen LogP contribution in [0.5, 0.6) is 0 Å². The second-order valence-corrected chi connectivity index (χ2v) is 3.55. The first kappa shape index (κ1) is 12.9. The van der Waals surface area contributed by atoms with Crippen molar-refractivity contribution in [3.8, 4) is 0 Å². The quantitative estimate of drug-likeness (QED) is 0.484. The zero-order valence-corrected chi connectivity index (χ0v) is 9.15. The van der Waals surface area contributed by atoms with Gasteiger partial charge in [-0.2, -0.15) is 0 Å². The lowest BCUT2D eigenvalue weighted by atomic mass is 10.1. The fourth-order valence-electron chi connectivity index (χ4n) is 0.893. The Labute approximate surface area is 84.6 Å². The average Bonchev–Trinajstić information content (AvgIpc) is 2.13. The fraction of sp³-hybridized carbons (Fsp3) is 0.800. The Hall–Kier alpha value is -1.06. The highest BCUT2D eigenvalue weighted by atomic mass is 16.6. The Morgan fingerprint density at radius 3 is 2.29 bits per heavy atom. The van der Waals surface area contributed by atoms with Gasteiger partial charge >= 0.3 is 5.97 Å². The number of rotatable bonds is 6. The normalized spacial score (nSPS) is 14.6. The summed E-state index contributed by atoms with van der Waals surface area (Å²) in [4.78, 5) is 21.6. The van der Waals surface area contributed by atoms with Crippen LogP contribution in [0.3, 0.4) is 0 Å². The van der Waals surface area contributed by atoms with Gasteiger partial charge in [0, 0.05) is 5.92 Å². The van der Waals surface area contributed by atoms with E-state index >= 15 is 0 Å². The topological polar surface area (TPSA) is 52.6 Å². The predicted molar refractivity (Wildman–Crippen MR) is 51.6 cm³/mol. The van der Waals surface area contributed by atoms with Crippen LogP contribution < -0.4 is 0 Å². The van der Waals surface area contributed by atoms with Crippen LogP contribution in [-0.2, 0) is 19.1 Å². The zero-order chi connectivity index (χ0) is 11.1. The molecule has 0 saturated carbocycles. The molecule has 0 aliphatic heterocycles. The van der Waals surface area contributed by atoms with Gasteiger partial charge in [0.1, 0.15) is 0 Å². The van der Waals surface area contributed by atoms with E-state index in [4.69, 9.17) is 4.74 Å². The van der Waals surface area contributed by atoms with Gasteiger partial charge in [-0.15, -0.1) is 0 Å². The molecule has 0 heterocycles. The molecular weight excluding hydrogens is 184 g/mol. The molecule has 0 aromatic carbocycles. The molecule has 0 aromatic heterocycles. The molecule has 0 rings (SSSR count). The number of hydrogen-bond donors (Lipinski definition) is 0. The third-order valence-corrected chi connectivity index (χ3v) is 1.93. The maximum atomic E-state index is 11.4. The summed E-state index contributed by atoms with van der Waals surface area (Å²) < 4.78 is 9.71. The third kappa shape index (κ3) is 4.25. The minimum atomic E-state index is -0.790. The maximum Gasteiger partial charge on any atom is 0.347 e. The second kappa shape index (κ2) is 6.40. The standard InChI is InChI=1S/C10H18O4/c1-5-8(4)14-10(12)9(7(2)3)13-6-11/h6-9H,5H2,1-4H3. The highest BCUT2D eigenvalue weighted by Gasteiger charge is 2.26. The number of esters is 1. The van der Waals surface area contributed by atoms with Crippen LogP contribution in [0.25, 0.3) is 0 Å². The maximum absolute atomic E-state index is 11.4. The van der Waals surface area contributed by atoms with E-state index in [1.165, 1.54) is 0 Å². The smallest absolute Gasteiger partial charge is 0.347 e. The molecule has 14 heavy (non-hydrogen) atoms. The molecule has 0 fully saturated rings. The van der Waals surface area contributed by atoms with E-state index in [2.05, 4.69) is 4.74 Å². The van der Waals surface area contributed by atoms with Crippen LogP contribution in [0.2, 0.25) is 0 Å². The summed E-state index contributed by atoms with van der Waals surface area (Å²) in [5.74, 6) is -0.543. The summed E-state index contributed by atoms with van der Waals surface area (Å²) in [5.41, 5.74) is 0. The van der Waals surface area contributed by atoms with Crippen LogP contribution in [0.4, 0.5) is 0 Å². The van der Waals surface area contributed by atoms with Crippen molar-refractivity contribution in [3.63, 3.8) is 0 Å². The molecule has 4 nitrogen and oxygen atoms in total. The summed E-state index contributed by atoms with van der Waals surface area (Å²) in [7, 11) is 0. The lowest BCUT2D eigenvalue weighted by molar-refractivity contribution is -0.168. The first-order valence-electron chi connectivity index (χ1n) is 4.82. The Morgan fingerprint density at radius 1 is 1.36 bits per heavy atom. The number of carbonyl (C=O) groups excluding carboxylic acids is 2. The molecule has 0 spiro atoms. The van der Waals surface area contributed by atoms with E-state index in [0.29, 0.717) is 0 Å². The predicted octanol–water partition coefficient (Wildman–Crippen LogP) is 1.53. The van der Waals surface area contributed by atoms with Gasteiger partial charge < -0.3 is 9.47 Å². The van der Waals surface area contributed by atoms with Crippen LogP contribution in [0.15, 0.2) is 0 Å². The number of hydrogen-bond acceptors (Lipinski definition) is 4. The zero-order valence-electron chi connectivity index (χ0n) is 9.15. The lowest BCUT2D eigenvalue weighted by Gasteiger charge is -2.19. The van der Waals surface area contributed by atoms with Crippen molar-refractivity contribution in [2.24, 2.45) is 5.92 Å². The molecule has 82 valence electrons. The molecule has 0 aliphatic rings. The van der Waals surface area contributed by atoms with Crippen LogP contribution in [-0.4, -0.2) is 24.6 Å². The van der Waals surface area contributed by atoms with E-state index < -0.39 is 12.1 Å². The van der Waals surface area contributed by atoms with Crippen molar-refractivity contribution >= 4 is 12.4 Å². The molecule has 4 heteroatoms. The Balaban J connectivity index is 4.21. The van der Waals surface area contributed by atoms with E-state index in [0.717, 1.165) is 6.42 Å². The summed E-state index contributed by atoms with van der Waals surface area (Å²) >= 11 is 0. The lowest BCUT2D eigenvalue weighted by Crippen LogP contribution is -2.33. The van der Waals surface area contributed by atoms with Gasteiger partial charge in [-0.1, -0.05) is 20.8 Å². The Bertz CT molecular complexity index is 189. The third-order valence-electron chi connectivity index (χ3n) is 1.93. The van der Waals surface area contributed by atoms with E-state index in [1.54, 1.807) is 20.8 Å². The first-order valence-corrected chi connectivity index (χ1v) is 4.82. The van der Waals surface area contributed by atoms with Crippen LogP contribution in [0.1, 0.15) is 34.1 Å². The summed E-state index contributed by atoms with van der Waals surface area (Å²) in [6.07, 6.45) is -0.182. The molecule has 2 unspecified atom stereocenters. The number of ether oxygens (including phenoxy) is 2. The molecular formula is C10H18O4. The Morgan fingerprint density at radius 2 is 1.93 bits per heavy atom. The molecule has 2 atom stereocenters. The molecule has 0 saturated heterocycles. The SMILES string of the molecule is CCC(C)OC(=O)C(OC=O)C(C)C. The van der Waals surface area contributed by atoms with Gasteiger partial charge in [0.25, 0.3) is 6.47 Å². The van der Waals surface area contributed by atoms with Crippen molar-refractivity contribution in [2.75, 3.05) is 0 Å². The largest absolute Gasteiger partial charge is 0.460 e. The average molecular weight is 202 g/mol. The fourth-order valence-corrected chi connectivity index (χ4v) is 0.893. The van der Waals surface area contributed by atoms with Crippen LogP contribution in [0, 0.1) is 5.92 Å². The number of carbonyl (C=O) groups is 2. The molecule has 0 aromatic rings. The summed E-state index contributed by atoms with van der Waals surface area (Å²) in [6.45, 7) is 7.60. The Kier molecular flexibility index (Phi) is 5.92. The van der Waals surface area contributed by atoms with Gasteiger partial charge in [0.05, 0.1) is 6.10 Å². The molecule has 0 aliphatic carbocycles. The summed E-state index contributed by atoms with van der Waals surface area (Å²) in [5, 5.41) is 0. The van der Waals surface area contributed by atoms with Crippen LogP contribution >= 0.6 is 0 Å². The molecule has 0 amide bonds. The van der Waals surface area contributed by atoms with E-state index in [9.17, 15) is 9.59 Å². The molecule has 0 radical (unpaired) electrons. The molecule has 0 N–H and O–H groups in total. The van der Waals surface area contributed by atoms with Gasteiger partial charge in [0.15, 0.2) is 0 Å². The van der Waals surface area contributed by atoms with Crippen molar-refractivity contribution < 1.29 is 19.1 Å². The van der Waals surface area contributed by atoms with Crippen molar-refractivity contribution in [3.05, 3.63) is 0 Å². The van der Waals surface area contributed by atoms with Gasteiger partial charge in [-0.3, -0.25) is 4.79 Å². The highest BCUT2D eigenvalue weighted by molar-refractivity contribution is 5.76. The summed E-state index contributed by atoms with van der Waals surface area (Å²) in [6, 6.07) is 0. The van der Waals surface area contributed by atoms with Crippen molar-refractivity contribution in [1.29, 1.82) is 0 Å². The van der Waals surface area contributed by atoms with E-state index in [1.807, 2.05) is 6.92 Å². The minimum absolute atomic E-state index is 0.0724. The van der Waals surface area contributed by atoms with Gasteiger partial charge in [-0.25, -0.2) is 4.79 Å². The molecule has 0 bridgehead atoms. The first-order chi connectivity index (χ1) is 6.52. The van der Waals surface area contributed by atoms with Gasteiger partial charge in [0.2, 0.25) is 6.10 Å². The minimum Gasteiger partial charge on any atom is -0.460 e. The van der Waals surface area contributed by atoms with Gasteiger partial charge in [-0.05, 0) is 13.3 Å². The second-order valence-electron chi connectivity index (χ2n) is 3.55.